The van der Waals surface area contributed by atoms with Crippen LogP contribution in [0.25, 0.3) is 0 Å². The predicted octanol–water partition coefficient (Wildman–Crippen LogP) is 6.02. The van der Waals surface area contributed by atoms with Gasteiger partial charge in [-0.15, -0.1) is 0 Å². The van der Waals surface area contributed by atoms with Crippen LogP contribution < -0.4 is 0 Å². The van der Waals surface area contributed by atoms with Crippen molar-refractivity contribution >= 4 is 47.6 Å². The number of aliphatic imine (C=N–C) groups is 1. The second-order valence-corrected chi connectivity index (χ2v) is 11.2. The third-order valence-corrected chi connectivity index (χ3v) is 7.36. The SMILES string of the molecule is CC(C)(C)OC(=O)C1=C2CC=C(Cl)C=C2N=CC2=NN=C[N+]21C1CCC(c2cc(Cl)ccn2)CC1. The van der Waals surface area contributed by atoms with Gasteiger partial charge >= 0.3 is 5.97 Å². The Morgan fingerprint density at radius 2 is 1.94 bits per heavy atom. The van der Waals surface area contributed by atoms with E-state index in [4.69, 9.17) is 27.9 Å². The van der Waals surface area contributed by atoms with E-state index >= 15 is 0 Å². The van der Waals surface area contributed by atoms with Crippen molar-refractivity contribution < 1.29 is 14.0 Å². The number of carbonyl (C=O) groups is 1. The van der Waals surface area contributed by atoms with Crippen LogP contribution in [-0.4, -0.2) is 45.5 Å². The van der Waals surface area contributed by atoms with Crippen LogP contribution in [0.15, 0.2) is 67.7 Å². The molecule has 7 nitrogen and oxygen atoms in total. The topological polar surface area (TPSA) is 76.3 Å². The molecule has 0 bridgehead atoms. The van der Waals surface area contributed by atoms with Crippen molar-refractivity contribution in [3.8, 4) is 0 Å². The Balaban J connectivity index is 1.56. The summed E-state index contributed by atoms with van der Waals surface area (Å²) >= 11 is 12.5. The lowest BCUT2D eigenvalue weighted by Crippen LogP contribution is -2.59. The van der Waals surface area contributed by atoms with Gasteiger partial charge in [0, 0.05) is 47.1 Å². The molecule has 182 valence electrons. The third-order valence-electron chi connectivity index (χ3n) is 6.86. The average molecular weight is 513 g/mol. The van der Waals surface area contributed by atoms with Gasteiger partial charge in [-0.05, 0) is 51.8 Å². The summed E-state index contributed by atoms with van der Waals surface area (Å²) < 4.78 is 6.06. The number of halogens is 2. The predicted molar refractivity (Wildman–Crippen MR) is 138 cm³/mol. The molecule has 3 heterocycles. The molecule has 1 unspecified atom stereocenters. The zero-order valence-electron chi connectivity index (χ0n) is 20.0. The molecule has 0 saturated heterocycles. The summed E-state index contributed by atoms with van der Waals surface area (Å²) in [5.41, 5.74) is 2.35. The lowest BCUT2D eigenvalue weighted by atomic mass is 9.81. The first-order valence-corrected chi connectivity index (χ1v) is 12.6. The van der Waals surface area contributed by atoms with Crippen LogP contribution in [0.5, 0.6) is 0 Å². The van der Waals surface area contributed by atoms with Gasteiger partial charge in [0.1, 0.15) is 17.9 Å². The molecule has 9 heteroatoms. The molecule has 2 aliphatic carbocycles. The number of hydrogen-bond donors (Lipinski definition) is 0. The average Bonchev–Trinajstić information content (AvgIpc) is 3.16. The van der Waals surface area contributed by atoms with E-state index in [1.54, 1.807) is 30.9 Å². The number of amidine groups is 1. The van der Waals surface area contributed by atoms with Crippen LogP contribution in [0, 0.1) is 0 Å². The van der Waals surface area contributed by atoms with Gasteiger partial charge < -0.3 is 4.74 Å². The number of quaternary nitrogens is 1. The Kier molecular flexibility index (Phi) is 6.28. The van der Waals surface area contributed by atoms with Crippen molar-refractivity contribution in [3.63, 3.8) is 0 Å². The van der Waals surface area contributed by atoms with Crippen molar-refractivity contribution in [2.45, 2.75) is 70.4 Å². The number of allylic oxidation sites excluding steroid dienone is 4. The number of nitrogens with zero attached hydrogens (tertiary/aromatic N) is 5. The van der Waals surface area contributed by atoms with Crippen LogP contribution in [0.3, 0.4) is 0 Å². The van der Waals surface area contributed by atoms with Crippen LogP contribution in [0.4, 0.5) is 0 Å². The number of aromatic nitrogens is 1. The first kappa shape index (κ1) is 24.1. The molecule has 0 aromatic carbocycles. The maximum absolute atomic E-state index is 13.8. The Bertz CT molecular complexity index is 1250. The molecule has 1 saturated carbocycles. The summed E-state index contributed by atoms with van der Waals surface area (Å²) in [5.74, 6) is 0.553. The first-order valence-electron chi connectivity index (χ1n) is 11.9. The highest BCUT2D eigenvalue weighted by atomic mass is 35.5. The molecule has 4 aliphatic rings. The van der Waals surface area contributed by atoms with Gasteiger partial charge in [-0.25, -0.2) is 9.79 Å². The van der Waals surface area contributed by atoms with Gasteiger partial charge in [0.2, 0.25) is 12.0 Å². The fraction of sp³-hybridized carbons (Fsp3) is 0.423. The van der Waals surface area contributed by atoms with E-state index in [-0.39, 0.29) is 16.5 Å². The highest BCUT2D eigenvalue weighted by Gasteiger charge is 2.55. The van der Waals surface area contributed by atoms with Gasteiger partial charge in [-0.2, -0.15) is 4.48 Å². The lowest BCUT2D eigenvalue weighted by molar-refractivity contribution is -0.723. The fourth-order valence-electron chi connectivity index (χ4n) is 5.35. The second-order valence-electron chi connectivity index (χ2n) is 10.3. The van der Waals surface area contributed by atoms with Crippen LogP contribution >= 0.6 is 23.2 Å². The van der Waals surface area contributed by atoms with Crippen molar-refractivity contribution in [3.05, 3.63) is 63.2 Å². The monoisotopic (exact) mass is 512 g/mol. The summed E-state index contributed by atoms with van der Waals surface area (Å²) in [6.45, 7) is 5.62. The molecule has 1 atom stereocenters. The Labute approximate surface area is 215 Å². The fourth-order valence-corrected chi connectivity index (χ4v) is 5.69. The van der Waals surface area contributed by atoms with Crippen LogP contribution in [-0.2, 0) is 9.53 Å². The molecule has 0 N–H and O–H groups in total. The van der Waals surface area contributed by atoms with Crippen molar-refractivity contribution in [1.82, 2.24) is 4.98 Å². The van der Waals surface area contributed by atoms with Gasteiger partial charge in [0.25, 0.3) is 5.84 Å². The number of carbonyl (C=O) groups excluding carboxylic acids is 1. The lowest BCUT2D eigenvalue weighted by Gasteiger charge is -2.41. The molecule has 0 amide bonds. The largest absolute Gasteiger partial charge is 0.452 e. The van der Waals surface area contributed by atoms with E-state index in [1.807, 2.05) is 32.9 Å². The van der Waals surface area contributed by atoms with Gasteiger partial charge in [-0.1, -0.05) is 39.5 Å². The van der Waals surface area contributed by atoms with E-state index in [0.29, 0.717) is 39.6 Å². The maximum Gasteiger partial charge on any atom is 0.394 e. The smallest absolute Gasteiger partial charge is 0.394 e. The van der Waals surface area contributed by atoms with Crippen molar-refractivity contribution in [2.75, 3.05) is 0 Å². The molecule has 1 aromatic rings. The molecular formula is C26H28Cl2N5O2+. The first-order chi connectivity index (χ1) is 16.7. The quantitative estimate of drug-likeness (QED) is 0.366. The van der Waals surface area contributed by atoms with Gasteiger partial charge in [-0.3, -0.25) is 4.98 Å². The summed E-state index contributed by atoms with van der Waals surface area (Å²) in [7, 11) is 0. The van der Waals surface area contributed by atoms with Crippen LogP contribution in [0.1, 0.15) is 64.5 Å². The van der Waals surface area contributed by atoms with E-state index in [2.05, 4.69) is 20.2 Å². The summed E-state index contributed by atoms with van der Waals surface area (Å²) in [4.78, 5) is 23.1. The Morgan fingerprint density at radius 1 is 1.17 bits per heavy atom. The van der Waals surface area contributed by atoms with E-state index in [1.165, 1.54) is 0 Å². The molecule has 2 aliphatic heterocycles. The maximum atomic E-state index is 13.8. The minimum Gasteiger partial charge on any atom is -0.452 e. The Morgan fingerprint density at radius 3 is 2.66 bits per heavy atom. The van der Waals surface area contributed by atoms with E-state index < -0.39 is 5.60 Å². The number of ether oxygens (including phenoxy) is 1. The van der Waals surface area contributed by atoms with Crippen molar-refractivity contribution in [1.29, 1.82) is 0 Å². The van der Waals surface area contributed by atoms with Crippen molar-refractivity contribution in [2.24, 2.45) is 15.2 Å². The molecule has 0 spiro atoms. The highest BCUT2D eigenvalue weighted by Crippen LogP contribution is 2.44. The molecular weight excluding hydrogens is 485 g/mol. The number of hydrogen-bond acceptors (Lipinski definition) is 6. The molecule has 5 rings (SSSR count). The van der Waals surface area contributed by atoms with Crippen LogP contribution in [0.2, 0.25) is 5.02 Å². The third kappa shape index (κ3) is 4.53. The number of rotatable bonds is 3. The summed E-state index contributed by atoms with van der Waals surface area (Å²) in [6, 6.07) is 3.80. The zero-order chi connectivity index (χ0) is 24.8. The zero-order valence-corrected chi connectivity index (χ0v) is 21.6. The molecule has 35 heavy (non-hydrogen) atoms. The molecule has 1 fully saturated rings. The van der Waals surface area contributed by atoms with Gasteiger partial charge in [0.15, 0.2) is 0 Å². The summed E-state index contributed by atoms with van der Waals surface area (Å²) in [5, 5.41) is 10.0. The number of esters is 1. The van der Waals surface area contributed by atoms with Gasteiger partial charge in [0.05, 0.1) is 11.3 Å². The van der Waals surface area contributed by atoms with E-state index in [0.717, 1.165) is 37.0 Å². The molecule has 0 radical (unpaired) electrons. The number of pyridine rings is 1. The minimum absolute atomic E-state index is 0.0534. The van der Waals surface area contributed by atoms with E-state index in [9.17, 15) is 4.79 Å². The summed E-state index contributed by atoms with van der Waals surface area (Å²) in [6.07, 6.45) is 13.0. The standard InChI is InChI=1S/C26H28Cl2N5O2/c1-26(2,3)35-25(34)24-20-9-6-17(27)13-22(20)30-14-23-32-31-15-33(23,24)19-7-4-16(5-8-19)21-12-18(28)10-11-29-21/h6,10-16,19H,4-5,7-9H2,1-3H3/q+1. The second kappa shape index (κ2) is 9.12. The minimum atomic E-state index is -0.655. The Hall–Kier alpha value is -2.61. The normalized spacial score (nSPS) is 28.0. The highest BCUT2D eigenvalue weighted by molar-refractivity contribution is 6.32. The number of fused-ring (bicyclic) bond motifs is 2. The molecule has 1 aromatic heterocycles.